The van der Waals surface area contributed by atoms with Crippen molar-refractivity contribution in [3.05, 3.63) is 54.3 Å². The molecule has 0 heterocycles. The van der Waals surface area contributed by atoms with E-state index in [1.165, 1.54) is 43.0 Å². The molecule has 0 aromatic heterocycles. The number of rotatable bonds is 5. The lowest BCUT2D eigenvalue weighted by Gasteiger charge is -2.12. The molecule has 6 heteroatoms. The van der Waals surface area contributed by atoms with Crippen LogP contribution in [0.15, 0.2) is 53.4 Å². The van der Waals surface area contributed by atoms with Crippen molar-refractivity contribution in [3.8, 4) is 0 Å². The highest BCUT2D eigenvalue weighted by atomic mass is 32.2. The van der Waals surface area contributed by atoms with Gasteiger partial charge < -0.3 is 10.6 Å². The normalized spacial score (nSPS) is 11.6. The van der Waals surface area contributed by atoms with Crippen LogP contribution in [0.5, 0.6) is 0 Å². The summed E-state index contributed by atoms with van der Waals surface area (Å²) in [6.45, 7) is 3.25. The zero-order valence-electron chi connectivity index (χ0n) is 12.8. The van der Waals surface area contributed by atoms with Crippen molar-refractivity contribution in [3.63, 3.8) is 0 Å². The number of nitrogens with one attached hydrogen (secondary N) is 2. The van der Waals surface area contributed by atoms with Gasteiger partial charge in [0.25, 0.3) is 0 Å². The summed E-state index contributed by atoms with van der Waals surface area (Å²) in [6, 6.07) is 12.9. The maximum atomic E-state index is 12.8. The number of carbonyl (C=O) groups is 2. The molecule has 0 spiro atoms. The number of hydrogen-bond donors (Lipinski definition) is 2. The lowest BCUT2D eigenvalue weighted by Crippen LogP contribution is -2.22. The Morgan fingerprint density at radius 2 is 1.48 bits per heavy atom. The Labute approximate surface area is 138 Å². The van der Waals surface area contributed by atoms with Gasteiger partial charge in [-0.15, -0.1) is 11.8 Å². The summed E-state index contributed by atoms with van der Waals surface area (Å²) in [4.78, 5) is 24.0. The van der Waals surface area contributed by atoms with Crippen LogP contribution in [-0.2, 0) is 9.59 Å². The van der Waals surface area contributed by atoms with Crippen LogP contribution in [0.2, 0.25) is 0 Å². The molecule has 2 rings (SSSR count). The van der Waals surface area contributed by atoms with Crippen molar-refractivity contribution in [1.82, 2.24) is 0 Å². The Balaban J connectivity index is 1.92. The fourth-order valence-electron chi connectivity index (χ4n) is 1.85. The predicted octanol–water partition coefficient (Wildman–Crippen LogP) is 3.90. The first-order valence-electron chi connectivity index (χ1n) is 7.05. The Hall–Kier alpha value is -2.34. The van der Waals surface area contributed by atoms with Crippen molar-refractivity contribution in [2.24, 2.45) is 0 Å². The molecule has 0 fully saturated rings. The van der Waals surface area contributed by atoms with E-state index in [0.29, 0.717) is 11.4 Å². The number of benzene rings is 2. The van der Waals surface area contributed by atoms with E-state index >= 15 is 0 Å². The SMILES string of the molecule is CC(=O)Nc1ccc(S[C@@H](C)C(=O)Nc2ccc(F)cc2)cc1. The van der Waals surface area contributed by atoms with E-state index < -0.39 is 0 Å². The second-order valence-electron chi connectivity index (χ2n) is 4.96. The van der Waals surface area contributed by atoms with E-state index in [1.54, 1.807) is 19.1 Å². The van der Waals surface area contributed by atoms with Crippen LogP contribution >= 0.6 is 11.8 Å². The first-order chi connectivity index (χ1) is 10.9. The highest BCUT2D eigenvalue weighted by Crippen LogP contribution is 2.25. The molecule has 2 N–H and O–H groups in total. The van der Waals surface area contributed by atoms with E-state index in [2.05, 4.69) is 10.6 Å². The second-order valence-corrected chi connectivity index (χ2v) is 6.38. The summed E-state index contributed by atoms with van der Waals surface area (Å²) in [5.41, 5.74) is 1.27. The largest absolute Gasteiger partial charge is 0.326 e. The number of hydrogen-bond acceptors (Lipinski definition) is 3. The molecule has 2 amide bonds. The number of amides is 2. The molecule has 4 nitrogen and oxygen atoms in total. The van der Waals surface area contributed by atoms with Gasteiger partial charge in [0.1, 0.15) is 5.82 Å². The minimum absolute atomic E-state index is 0.127. The molecule has 0 bridgehead atoms. The fraction of sp³-hybridized carbons (Fsp3) is 0.176. The van der Waals surface area contributed by atoms with Crippen LogP contribution in [0.25, 0.3) is 0 Å². The second kappa shape index (κ2) is 7.78. The first-order valence-corrected chi connectivity index (χ1v) is 7.93. The Bertz CT molecular complexity index is 687. The Kier molecular flexibility index (Phi) is 5.76. The van der Waals surface area contributed by atoms with Gasteiger partial charge in [-0.1, -0.05) is 0 Å². The molecule has 2 aromatic carbocycles. The number of carbonyl (C=O) groups excluding carboxylic acids is 2. The van der Waals surface area contributed by atoms with E-state index in [1.807, 2.05) is 12.1 Å². The van der Waals surface area contributed by atoms with Gasteiger partial charge >= 0.3 is 0 Å². The van der Waals surface area contributed by atoms with E-state index in [0.717, 1.165) is 4.90 Å². The molecule has 0 aliphatic rings. The van der Waals surface area contributed by atoms with Crippen LogP contribution < -0.4 is 10.6 Å². The number of halogens is 1. The average molecular weight is 332 g/mol. The molecule has 0 aliphatic carbocycles. The molecule has 0 saturated carbocycles. The third-order valence-corrected chi connectivity index (χ3v) is 4.08. The van der Waals surface area contributed by atoms with Gasteiger partial charge in [0.05, 0.1) is 5.25 Å². The van der Waals surface area contributed by atoms with Crippen LogP contribution in [0, 0.1) is 5.82 Å². The minimum Gasteiger partial charge on any atom is -0.326 e. The van der Waals surface area contributed by atoms with Gasteiger partial charge in [-0.25, -0.2) is 4.39 Å². The van der Waals surface area contributed by atoms with Crippen molar-refractivity contribution < 1.29 is 14.0 Å². The molecule has 2 aromatic rings. The summed E-state index contributed by atoms with van der Waals surface area (Å²) < 4.78 is 12.8. The van der Waals surface area contributed by atoms with Gasteiger partial charge in [0.15, 0.2) is 0 Å². The monoisotopic (exact) mass is 332 g/mol. The molecule has 1 atom stereocenters. The average Bonchev–Trinajstić information content (AvgIpc) is 2.51. The summed E-state index contributed by atoms with van der Waals surface area (Å²) in [5.74, 6) is -0.630. The van der Waals surface area contributed by atoms with Crippen LogP contribution in [0.1, 0.15) is 13.8 Å². The van der Waals surface area contributed by atoms with Crippen molar-refractivity contribution in [2.75, 3.05) is 10.6 Å². The van der Waals surface area contributed by atoms with Crippen LogP contribution in [0.4, 0.5) is 15.8 Å². The van der Waals surface area contributed by atoms with Crippen molar-refractivity contribution in [2.45, 2.75) is 24.0 Å². The molecule has 0 unspecified atom stereocenters. The van der Waals surface area contributed by atoms with Gasteiger partial charge in [0, 0.05) is 23.2 Å². The van der Waals surface area contributed by atoms with Crippen molar-refractivity contribution >= 4 is 35.0 Å². The summed E-state index contributed by atoms with van der Waals surface area (Å²) >= 11 is 1.40. The highest BCUT2D eigenvalue weighted by molar-refractivity contribution is 8.00. The lowest BCUT2D eigenvalue weighted by molar-refractivity contribution is -0.115. The quantitative estimate of drug-likeness (QED) is 0.816. The zero-order chi connectivity index (χ0) is 16.8. The lowest BCUT2D eigenvalue weighted by atomic mass is 10.3. The third-order valence-electron chi connectivity index (χ3n) is 2.97. The van der Waals surface area contributed by atoms with Crippen molar-refractivity contribution in [1.29, 1.82) is 0 Å². The van der Waals surface area contributed by atoms with Gasteiger partial charge in [-0.05, 0) is 55.5 Å². The van der Waals surface area contributed by atoms with E-state index in [9.17, 15) is 14.0 Å². The van der Waals surface area contributed by atoms with Gasteiger partial charge in [-0.2, -0.15) is 0 Å². The molecular formula is C17H17FN2O2S. The molecule has 0 aliphatic heterocycles. The smallest absolute Gasteiger partial charge is 0.237 e. The summed E-state index contributed by atoms with van der Waals surface area (Å²) in [5, 5.41) is 5.12. The Morgan fingerprint density at radius 3 is 2.04 bits per heavy atom. The molecule has 0 saturated heterocycles. The standard InChI is InChI=1S/C17H17FN2O2S/c1-11(17(22)20-15-5-3-13(18)4-6-15)23-16-9-7-14(8-10-16)19-12(2)21/h3-11H,1-2H3,(H,19,21)(H,20,22)/t11-/m0/s1. The molecule has 23 heavy (non-hydrogen) atoms. The molecule has 0 radical (unpaired) electrons. The predicted molar refractivity (Wildman–Crippen MR) is 91.1 cm³/mol. The number of thioether (sulfide) groups is 1. The van der Waals surface area contributed by atoms with E-state index in [4.69, 9.17) is 0 Å². The first kappa shape index (κ1) is 17.0. The van der Waals surface area contributed by atoms with E-state index in [-0.39, 0.29) is 22.9 Å². The zero-order valence-corrected chi connectivity index (χ0v) is 13.6. The minimum atomic E-state index is -0.343. The fourth-order valence-corrected chi connectivity index (χ4v) is 2.72. The third kappa shape index (κ3) is 5.41. The maximum absolute atomic E-state index is 12.8. The van der Waals surface area contributed by atoms with Crippen LogP contribution in [-0.4, -0.2) is 17.1 Å². The van der Waals surface area contributed by atoms with Gasteiger partial charge in [0.2, 0.25) is 11.8 Å². The summed E-state index contributed by atoms with van der Waals surface area (Å²) in [7, 11) is 0. The number of anilines is 2. The Morgan fingerprint density at radius 1 is 0.957 bits per heavy atom. The molecular weight excluding hydrogens is 315 g/mol. The summed E-state index contributed by atoms with van der Waals surface area (Å²) in [6.07, 6.45) is 0. The van der Waals surface area contributed by atoms with Crippen LogP contribution in [0.3, 0.4) is 0 Å². The topological polar surface area (TPSA) is 58.2 Å². The maximum Gasteiger partial charge on any atom is 0.237 e. The highest BCUT2D eigenvalue weighted by Gasteiger charge is 2.14. The molecule has 120 valence electrons. The van der Waals surface area contributed by atoms with Gasteiger partial charge in [-0.3, -0.25) is 9.59 Å².